The van der Waals surface area contributed by atoms with Crippen LogP contribution in [0.4, 0.5) is 8.78 Å². The normalized spacial score (nSPS) is 18.7. The van der Waals surface area contributed by atoms with Crippen LogP contribution in [-0.4, -0.2) is 16.6 Å². The highest BCUT2D eigenvalue weighted by atomic mass is 32.1. The average Bonchev–Trinajstić information content (AvgIpc) is 2.96. The molecule has 23 heavy (non-hydrogen) atoms. The molecular formula is C17H20F2N2OS. The molecule has 1 heterocycles. The average molecular weight is 338 g/mol. The molecule has 3 rings (SSSR count). The van der Waals surface area contributed by atoms with Crippen molar-refractivity contribution in [3.8, 4) is 0 Å². The Labute approximate surface area is 138 Å². The number of aryl methyl sites for hydroxylation is 2. The molecule has 0 fully saturated rings. The second kappa shape index (κ2) is 7.03. The van der Waals surface area contributed by atoms with Crippen LogP contribution in [0.25, 0.3) is 0 Å². The maximum Gasteiger partial charge on any atom is 0.131 e. The van der Waals surface area contributed by atoms with E-state index in [1.54, 1.807) is 11.3 Å². The van der Waals surface area contributed by atoms with Crippen molar-refractivity contribution in [1.82, 2.24) is 10.3 Å². The fourth-order valence-electron chi connectivity index (χ4n) is 3.00. The number of halogens is 2. The zero-order valence-corrected chi connectivity index (χ0v) is 13.8. The van der Waals surface area contributed by atoms with Gasteiger partial charge in [0.2, 0.25) is 0 Å². The molecule has 124 valence electrons. The highest BCUT2D eigenvalue weighted by Gasteiger charge is 2.25. The Morgan fingerprint density at radius 3 is 2.83 bits per heavy atom. The van der Waals surface area contributed by atoms with Crippen LogP contribution >= 0.6 is 11.3 Å². The molecule has 0 spiro atoms. The van der Waals surface area contributed by atoms with Crippen LogP contribution in [0, 0.1) is 11.6 Å². The minimum atomic E-state index is -1.21. The summed E-state index contributed by atoms with van der Waals surface area (Å²) in [4.78, 5) is 5.83. The van der Waals surface area contributed by atoms with E-state index in [-0.39, 0.29) is 18.2 Å². The number of aliphatic hydroxyl groups is 1. The van der Waals surface area contributed by atoms with Crippen LogP contribution < -0.4 is 5.32 Å². The SMILES string of the molecule is CCc1nc2c(s1)C(NCC(O)c1c(F)cccc1F)CCC2. The lowest BCUT2D eigenvalue weighted by Gasteiger charge is -2.24. The number of thiazole rings is 1. The Morgan fingerprint density at radius 1 is 1.39 bits per heavy atom. The van der Waals surface area contributed by atoms with E-state index in [0.717, 1.165) is 48.5 Å². The maximum absolute atomic E-state index is 13.7. The Hall–Kier alpha value is -1.37. The van der Waals surface area contributed by atoms with Crippen LogP contribution in [0.3, 0.4) is 0 Å². The molecule has 0 radical (unpaired) electrons. The van der Waals surface area contributed by atoms with E-state index in [2.05, 4.69) is 17.2 Å². The molecule has 0 aliphatic heterocycles. The Morgan fingerprint density at radius 2 is 2.13 bits per heavy atom. The lowest BCUT2D eigenvalue weighted by Crippen LogP contribution is -2.29. The van der Waals surface area contributed by atoms with Crippen molar-refractivity contribution in [2.75, 3.05) is 6.54 Å². The number of aliphatic hydroxyl groups excluding tert-OH is 1. The predicted octanol–water partition coefficient (Wildman–Crippen LogP) is 3.68. The first-order chi connectivity index (χ1) is 11.1. The molecule has 3 nitrogen and oxygen atoms in total. The maximum atomic E-state index is 13.7. The van der Waals surface area contributed by atoms with Crippen molar-refractivity contribution < 1.29 is 13.9 Å². The summed E-state index contributed by atoms with van der Waals surface area (Å²) in [6, 6.07) is 3.72. The van der Waals surface area contributed by atoms with Gasteiger partial charge in [0.1, 0.15) is 11.6 Å². The van der Waals surface area contributed by atoms with Crippen LogP contribution in [0.5, 0.6) is 0 Å². The van der Waals surface area contributed by atoms with Gasteiger partial charge in [0.15, 0.2) is 0 Å². The van der Waals surface area contributed by atoms with Crippen molar-refractivity contribution >= 4 is 11.3 Å². The topological polar surface area (TPSA) is 45.2 Å². The largest absolute Gasteiger partial charge is 0.387 e. The van der Waals surface area contributed by atoms with Crippen molar-refractivity contribution in [2.45, 2.75) is 44.8 Å². The second-order valence-electron chi connectivity index (χ2n) is 5.78. The molecule has 6 heteroatoms. The molecular weight excluding hydrogens is 318 g/mol. The zero-order valence-electron chi connectivity index (χ0n) is 13.0. The van der Waals surface area contributed by atoms with Gasteiger partial charge < -0.3 is 10.4 Å². The summed E-state index contributed by atoms with van der Waals surface area (Å²) >= 11 is 1.69. The van der Waals surface area contributed by atoms with Crippen molar-refractivity contribution in [2.24, 2.45) is 0 Å². The molecule has 1 aliphatic rings. The molecule has 0 saturated carbocycles. The number of hydrogen-bond acceptors (Lipinski definition) is 4. The molecule has 0 amide bonds. The van der Waals surface area contributed by atoms with Crippen LogP contribution in [0.15, 0.2) is 18.2 Å². The van der Waals surface area contributed by atoms with E-state index >= 15 is 0 Å². The number of nitrogens with one attached hydrogen (secondary N) is 1. The summed E-state index contributed by atoms with van der Waals surface area (Å²) < 4.78 is 27.4. The third-order valence-electron chi connectivity index (χ3n) is 4.19. The van der Waals surface area contributed by atoms with Gasteiger partial charge in [-0.05, 0) is 37.8 Å². The standard InChI is InChI=1S/C17H20F2N2OS/c1-2-15-21-13-8-4-7-12(17(13)23-15)20-9-14(22)16-10(18)5-3-6-11(16)19/h3,5-6,12,14,20,22H,2,4,7-9H2,1H3. The van der Waals surface area contributed by atoms with Crippen molar-refractivity contribution in [3.63, 3.8) is 0 Å². The van der Waals surface area contributed by atoms with E-state index in [4.69, 9.17) is 0 Å². The summed E-state index contributed by atoms with van der Waals surface area (Å²) in [6.45, 7) is 2.19. The zero-order chi connectivity index (χ0) is 16.4. The number of rotatable bonds is 5. The fourth-order valence-corrected chi connectivity index (χ4v) is 4.16. The summed E-state index contributed by atoms with van der Waals surface area (Å²) in [5.41, 5.74) is 0.858. The second-order valence-corrected chi connectivity index (χ2v) is 6.89. The van der Waals surface area contributed by atoms with Crippen LogP contribution in [-0.2, 0) is 12.8 Å². The molecule has 0 saturated heterocycles. The van der Waals surface area contributed by atoms with E-state index in [0.29, 0.717) is 0 Å². The van der Waals surface area contributed by atoms with Gasteiger partial charge in [-0.2, -0.15) is 0 Å². The van der Waals surface area contributed by atoms with Crippen LogP contribution in [0.1, 0.15) is 53.1 Å². The van der Waals surface area contributed by atoms with Gasteiger partial charge in [-0.25, -0.2) is 13.8 Å². The van der Waals surface area contributed by atoms with Gasteiger partial charge in [0, 0.05) is 17.5 Å². The smallest absolute Gasteiger partial charge is 0.131 e. The molecule has 2 atom stereocenters. The Balaban J connectivity index is 1.71. The van der Waals surface area contributed by atoms with Crippen molar-refractivity contribution in [1.29, 1.82) is 0 Å². The molecule has 2 unspecified atom stereocenters. The number of aromatic nitrogens is 1. The first-order valence-electron chi connectivity index (χ1n) is 7.94. The summed E-state index contributed by atoms with van der Waals surface area (Å²) in [5, 5.41) is 14.5. The number of fused-ring (bicyclic) bond motifs is 1. The fraction of sp³-hybridized carbons (Fsp3) is 0.471. The van der Waals surface area contributed by atoms with Gasteiger partial charge in [-0.15, -0.1) is 11.3 Å². The minimum absolute atomic E-state index is 0.0982. The monoisotopic (exact) mass is 338 g/mol. The number of nitrogens with zero attached hydrogens (tertiary/aromatic N) is 1. The molecule has 2 N–H and O–H groups in total. The van der Waals surface area contributed by atoms with Gasteiger partial charge in [0.25, 0.3) is 0 Å². The van der Waals surface area contributed by atoms with Gasteiger partial charge >= 0.3 is 0 Å². The molecule has 2 aromatic rings. The minimum Gasteiger partial charge on any atom is -0.387 e. The molecule has 1 aromatic heterocycles. The summed E-state index contributed by atoms with van der Waals surface area (Å²) in [7, 11) is 0. The lowest BCUT2D eigenvalue weighted by molar-refractivity contribution is 0.159. The molecule has 1 aromatic carbocycles. The van der Waals surface area contributed by atoms with E-state index in [1.165, 1.54) is 10.9 Å². The Kier molecular flexibility index (Phi) is 5.04. The highest BCUT2D eigenvalue weighted by Crippen LogP contribution is 2.34. The predicted molar refractivity (Wildman–Crippen MR) is 86.5 cm³/mol. The lowest BCUT2D eigenvalue weighted by atomic mass is 9.97. The van der Waals surface area contributed by atoms with E-state index in [9.17, 15) is 13.9 Å². The van der Waals surface area contributed by atoms with Crippen LogP contribution in [0.2, 0.25) is 0 Å². The third-order valence-corrected chi connectivity index (χ3v) is 5.54. The quantitative estimate of drug-likeness (QED) is 0.874. The number of benzene rings is 1. The first kappa shape index (κ1) is 16.5. The van der Waals surface area contributed by atoms with E-state index in [1.807, 2.05) is 0 Å². The summed E-state index contributed by atoms with van der Waals surface area (Å²) in [6.07, 6.45) is 2.66. The third kappa shape index (κ3) is 3.44. The summed E-state index contributed by atoms with van der Waals surface area (Å²) in [5.74, 6) is -1.43. The highest BCUT2D eigenvalue weighted by molar-refractivity contribution is 7.11. The van der Waals surface area contributed by atoms with Gasteiger partial charge in [0.05, 0.1) is 22.4 Å². The first-order valence-corrected chi connectivity index (χ1v) is 8.75. The number of hydrogen-bond donors (Lipinski definition) is 2. The van der Waals surface area contributed by atoms with E-state index < -0.39 is 17.7 Å². The Bertz CT molecular complexity index is 669. The van der Waals surface area contributed by atoms with Gasteiger partial charge in [-0.1, -0.05) is 13.0 Å². The molecule has 0 bridgehead atoms. The van der Waals surface area contributed by atoms with Gasteiger partial charge in [-0.3, -0.25) is 0 Å². The van der Waals surface area contributed by atoms with Crippen molar-refractivity contribution in [3.05, 3.63) is 51.0 Å². The molecule has 1 aliphatic carbocycles.